The summed E-state index contributed by atoms with van der Waals surface area (Å²) in [5, 5.41) is 3.46. The quantitative estimate of drug-likeness (QED) is 0.170. The van der Waals surface area contributed by atoms with Gasteiger partial charge in [-0.1, -0.05) is 133 Å². The number of benzene rings is 7. The molecule has 56 heavy (non-hydrogen) atoms. The van der Waals surface area contributed by atoms with Crippen LogP contribution in [-0.2, 0) is 0 Å². The SMILES string of the molecule is c1ccc(-c2nc(-c3ccccc3)nc(-c3cccc(-c4nc(-c5ccc6c(c5)c5ccccc5n6-c5ccccc5)nc5c4sc4ccccc45)c3)n2)cc1. The zero-order chi connectivity index (χ0) is 37.0. The Hall–Kier alpha value is -7.35. The van der Waals surface area contributed by atoms with E-state index in [2.05, 4.69) is 126 Å². The first-order valence-corrected chi connectivity index (χ1v) is 19.3. The second-order valence-electron chi connectivity index (χ2n) is 13.7. The molecule has 0 unspecified atom stereocenters. The van der Waals surface area contributed by atoms with Gasteiger partial charge in [0.2, 0.25) is 0 Å². The molecule has 0 radical (unpaired) electrons. The predicted octanol–water partition coefficient (Wildman–Crippen LogP) is 12.5. The molecule has 0 spiro atoms. The van der Waals surface area contributed by atoms with Gasteiger partial charge in [0.25, 0.3) is 0 Å². The zero-order valence-electron chi connectivity index (χ0n) is 29.9. The molecule has 7 heteroatoms. The van der Waals surface area contributed by atoms with E-state index in [1.807, 2.05) is 60.7 Å². The molecule has 0 saturated heterocycles. The van der Waals surface area contributed by atoms with Crippen LogP contribution in [0.15, 0.2) is 182 Å². The van der Waals surface area contributed by atoms with Gasteiger partial charge in [-0.25, -0.2) is 24.9 Å². The first-order chi connectivity index (χ1) is 27.7. The van der Waals surface area contributed by atoms with E-state index in [1.54, 1.807) is 11.3 Å². The molecule has 0 aliphatic rings. The van der Waals surface area contributed by atoms with Gasteiger partial charge < -0.3 is 4.57 Å². The van der Waals surface area contributed by atoms with Crippen molar-refractivity contribution in [2.75, 3.05) is 0 Å². The molecule has 0 aliphatic heterocycles. The van der Waals surface area contributed by atoms with Gasteiger partial charge in [-0.2, -0.15) is 0 Å². The second-order valence-corrected chi connectivity index (χ2v) is 14.8. The molecule has 11 rings (SSSR count). The van der Waals surface area contributed by atoms with Crippen molar-refractivity contribution < 1.29 is 0 Å². The van der Waals surface area contributed by atoms with Gasteiger partial charge in [0.05, 0.1) is 26.9 Å². The minimum Gasteiger partial charge on any atom is -0.309 e. The number of fused-ring (bicyclic) bond motifs is 6. The lowest BCUT2D eigenvalue weighted by atomic mass is 10.0. The predicted molar refractivity (Wildman–Crippen MR) is 230 cm³/mol. The highest BCUT2D eigenvalue weighted by Gasteiger charge is 2.20. The standard InChI is InChI=1S/C49H30N6S/c1-4-15-31(16-5-1)46-52-47(32-17-6-2-7-18-32)54-49(53-46)34-20-14-19-33(29-34)43-45-44(38-24-11-13-26-42(38)56-45)51-48(50-43)35-27-28-41-39(30-35)37-23-10-12-25-40(37)55(41)36-21-8-3-9-22-36/h1-30H. The van der Waals surface area contributed by atoms with Gasteiger partial charge >= 0.3 is 0 Å². The van der Waals surface area contributed by atoms with Gasteiger partial charge in [0, 0.05) is 54.4 Å². The Morgan fingerprint density at radius 3 is 1.62 bits per heavy atom. The van der Waals surface area contributed by atoms with Crippen molar-refractivity contribution in [3.63, 3.8) is 0 Å². The largest absolute Gasteiger partial charge is 0.309 e. The molecule has 262 valence electrons. The van der Waals surface area contributed by atoms with Gasteiger partial charge in [-0.05, 0) is 48.5 Å². The van der Waals surface area contributed by atoms with Crippen molar-refractivity contribution in [1.29, 1.82) is 0 Å². The Kier molecular flexibility index (Phi) is 7.57. The number of rotatable bonds is 6. The number of thiophene rings is 1. The van der Waals surface area contributed by atoms with Gasteiger partial charge in [0.15, 0.2) is 23.3 Å². The highest BCUT2D eigenvalue weighted by molar-refractivity contribution is 7.26. The summed E-state index contributed by atoms with van der Waals surface area (Å²) < 4.78 is 4.54. The van der Waals surface area contributed by atoms with E-state index in [4.69, 9.17) is 24.9 Å². The van der Waals surface area contributed by atoms with Crippen LogP contribution in [0.3, 0.4) is 0 Å². The molecular weight excluding hydrogens is 705 g/mol. The summed E-state index contributed by atoms with van der Waals surface area (Å²) >= 11 is 1.72. The molecule has 0 fully saturated rings. The third-order valence-electron chi connectivity index (χ3n) is 10.3. The number of nitrogens with zero attached hydrogens (tertiary/aromatic N) is 6. The van der Waals surface area contributed by atoms with Crippen LogP contribution < -0.4 is 0 Å². The molecule has 4 heterocycles. The monoisotopic (exact) mass is 734 g/mol. The zero-order valence-corrected chi connectivity index (χ0v) is 30.7. The summed E-state index contributed by atoms with van der Waals surface area (Å²) in [5.41, 5.74) is 9.91. The lowest BCUT2D eigenvalue weighted by Crippen LogP contribution is -2.00. The fourth-order valence-corrected chi connectivity index (χ4v) is 8.78. The topological polar surface area (TPSA) is 69.4 Å². The summed E-state index contributed by atoms with van der Waals surface area (Å²) in [5.74, 6) is 2.53. The summed E-state index contributed by atoms with van der Waals surface area (Å²) in [4.78, 5) is 25.6. The van der Waals surface area contributed by atoms with Crippen molar-refractivity contribution in [1.82, 2.24) is 29.5 Å². The Balaban J connectivity index is 1.10. The Morgan fingerprint density at radius 2 is 0.893 bits per heavy atom. The first-order valence-electron chi connectivity index (χ1n) is 18.5. The summed E-state index contributed by atoms with van der Waals surface area (Å²) in [6.45, 7) is 0. The third-order valence-corrected chi connectivity index (χ3v) is 11.4. The lowest BCUT2D eigenvalue weighted by molar-refractivity contribution is 1.07. The Morgan fingerprint density at radius 1 is 0.357 bits per heavy atom. The van der Waals surface area contributed by atoms with E-state index >= 15 is 0 Å². The van der Waals surface area contributed by atoms with Crippen molar-refractivity contribution in [3.8, 4) is 62.5 Å². The Bertz CT molecular complexity index is 3190. The third kappa shape index (κ3) is 5.44. The van der Waals surface area contributed by atoms with Crippen LogP contribution in [0.1, 0.15) is 0 Å². The molecule has 0 aliphatic carbocycles. The molecule has 0 atom stereocenters. The number of aromatic nitrogens is 6. The number of hydrogen-bond acceptors (Lipinski definition) is 6. The van der Waals surface area contributed by atoms with E-state index in [1.165, 1.54) is 10.1 Å². The van der Waals surface area contributed by atoms with Crippen molar-refractivity contribution >= 4 is 53.4 Å². The molecular formula is C49H30N6S. The lowest BCUT2D eigenvalue weighted by Gasteiger charge is -2.11. The van der Waals surface area contributed by atoms with Crippen LogP contribution in [0.2, 0.25) is 0 Å². The van der Waals surface area contributed by atoms with Crippen LogP contribution >= 0.6 is 11.3 Å². The fraction of sp³-hybridized carbons (Fsp3) is 0. The molecule has 7 aromatic carbocycles. The van der Waals surface area contributed by atoms with Gasteiger partial charge in [-0.3, -0.25) is 0 Å². The van der Waals surface area contributed by atoms with Gasteiger partial charge in [-0.15, -0.1) is 11.3 Å². The molecule has 6 nitrogen and oxygen atoms in total. The van der Waals surface area contributed by atoms with Crippen molar-refractivity contribution in [3.05, 3.63) is 182 Å². The van der Waals surface area contributed by atoms with Crippen LogP contribution in [0.4, 0.5) is 0 Å². The molecule has 0 N–H and O–H groups in total. The maximum atomic E-state index is 5.39. The highest BCUT2D eigenvalue weighted by atomic mass is 32.1. The number of para-hydroxylation sites is 2. The van der Waals surface area contributed by atoms with E-state index < -0.39 is 0 Å². The van der Waals surface area contributed by atoms with Crippen LogP contribution in [0, 0.1) is 0 Å². The summed E-state index contributed by atoms with van der Waals surface area (Å²) in [6, 6.07) is 62.7. The van der Waals surface area contributed by atoms with Crippen LogP contribution in [0.5, 0.6) is 0 Å². The maximum Gasteiger partial charge on any atom is 0.164 e. The highest BCUT2D eigenvalue weighted by Crippen LogP contribution is 2.41. The maximum absolute atomic E-state index is 5.39. The fourth-order valence-electron chi connectivity index (χ4n) is 7.63. The van der Waals surface area contributed by atoms with Crippen molar-refractivity contribution in [2.24, 2.45) is 0 Å². The average Bonchev–Trinajstić information content (AvgIpc) is 3.82. The smallest absolute Gasteiger partial charge is 0.164 e. The average molecular weight is 735 g/mol. The van der Waals surface area contributed by atoms with E-state index in [-0.39, 0.29) is 0 Å². The minimum absolute atomic E-state index is 0.599. The Labute approximate surface area is 326 Å². The second kappa shape index (κ2) is 13.2. The van der Waals surface area contributed by atoms with Crippen LogP contribution in [0.25, 0.3) is 105 Å². The van der Waals surface area contributed by atoms with Gasteiger partial charge in [0.1, 0.15) is 0 Å². The minimum atomic E-state index is 0.599. The molecule has 0 amide bonds. The summed E-state index contributed by atoms with van der Waals surface area (Å²) in [7, 11) is 0. The molecule has 0 saturated carbocycles. The molecule has 11 aromatic rings. The molecule has 0 bridgehead atoms. The first kappa shape index (κ1) is 32.1. The van der Waals surface area contributed by atoms with Crippen LogP contribution in [-0.4, -0.2) is 29.5 Å². The summed E-state index contributed by atoms with van der Waals surface area (Å²) in [6.07, 6.45) is 0. The van der Waals surface area contributed by atoms with E-state index in [0.717, 1.165) is 71.2 Å². The van der Waals surface area contributed by atoms with Crippen molar-refractivity contribution in [2.45, 2.75) is 0 Å². The molecule has 4 aromatic heterocycles. The number of hydrogen-bond donors (Lipinski definition) is 0. The van der Waals surface area contributed by atoms with E-state index in [0.29, 0.717) is 23.3 Å². The normalized spacial score (nSPS) is 11.6. The van der Waals surface area contributed by atoms with E-state index in [9.17, 15) is 0 Å².